The van der Waals surface area contributed by atoms with Crippen LogP contribution in [0.25, 0.3) is 0 Å². The molecule has 0 spiro atoms. The maximum Gasteiger partial charge on any atom is 0.326 e. The summed E-state index contributed by atoms with van der Waals surface area (Å²) in [5.41, 5.74) is -0.898. The SMILES string of the molecule is Cc1[nH]c(=O)[nH]c(=O)c1NC(=O)CCCNC(=O)C1CC1. The molecule has 0 saturated heterocycles. The van der Waals surface area contributed by atoms with Crippen molar-refractivity contribution in [3.8, 4) is 0 Å². The molecule has 2 amide bonds. The van der Waals surface area contributed by atoms with Gasteiger partial charge in [-0.15, -0.1) is 0 Å². The smallest absolute Gasteiger partial charge is 0.326 e. The second-order valence-electron chi connectivity index (χ2n) is 5.13. The molecule has 1 saturated carbocycles. The Balaban J connectivity index is 1.78. The van der Waals surface area contributed by atoms with E-state index in [9.17, 15) is 19.2 Å². The van der Waals surface area contributed by atoms with Crippen molar-refractivity contribution in [2.75, 3.05) is 11.9 Å². The molecular formula is C13H18N4O4. The Kier molecular flexibility index (Phi) is 4.56. The van der Waals surface area contributed by atoms with Gasteiger partial charge in [-0.3, -0.25) is 19.4 Å². The van der Waals surface area contributed by atoms with Gasteiger partial charge in [-0.1, -0.05) is 0 Å². The van der Waals surface area contributed by atoms with Gasteiger partial charge in [0.1, 0.15) is 5.69 Å². The van der Waals surface area contributed by atoms with E-state index < -0.39 is 11.2 Å². The Morgan fingerprint density at radius 3 is 2.57 bits per heavy atom. The number of nitrogens with one attached hydrogen (secondary N) is 4. The number of anilines is 1. The number of aryl methyl sites for hydroxylation is 1. The number of hydrogen-bond acceptors (Lipinski definition) is 4. The highest BCUT2D eigenvalue weighted by molar-refractivity contribution is 5.91. The number of carbonyl (C=O) groups excluding carboxylic acids is 2. The number of aromatic nitrogens is 2. The van der Waals surface area contributed by atoms with Crippen LogP contribution in [0.4, 0.5) is 5.69 Å². The summed E-state index contributed by atoms with van der Waals surface area (Å²) in [6.45, 7) is 1.96. The second kappa shape index (κ2) is 6.38. The Labute approximate surface area is 120 Å². The molecule has 1 aliphatic rings. The van der Waals surface area contributed by atoms with Crippen molar-refractivity contribution in [3.05, 3.63) is 26.5 Å². The minimum Gasteiger partial charge on any atom is -0.356 e. The minimum absolute atomic E-state index is 0.0432. The summed E-state index contributed by atoms with van der Waals surface area (Å²) in [4.78, 5) is 50.1. The molecule has 1 heterocycles. The molecule has 21 heavy (non-hydrogen) atoms. The predicted molar refractivity (Wildman–Crippen MR) is 76.0 cm³/mol. The van der Waals surface area contributed by atoms with Gasteiger partial charge in [0.2, 0.25) is 11.8 Å². The summed E-state index contributed by atoms with van der Waals surface area (Å²) >= 11 is 0. The molecule has 1 aromatic heterocycles. The fourth-order valence-electron chi connectivity index (χ4n) is 1.90. The molecule has 114 valence electrons. The normalized spacial score (nSPS) is 13.8. The van der Waals surface area contributed by atoms with Crippen molar-refractivity contribution in [1.29, 1.82) is 0 Å². The van der Waals surface area contributed by atoms with Crippen molar-refractivity contribution < 1.29 is 9.59 Å². The van der Waals surface area contributed by atoms with Gasteiger partial charge in [0.25, 0.3) is 5.56 Å². The topological polar surface area (TPSA) is 124 Å². The van der Waals surface area contributed by atoms with Gasteiger partial charge in [-0.2, -0.15) is 0 Å². The maximum absolute atomic E-state index is 11.7. The van der Waals surface area contributed by atoms with Gasteiger partial charge in [0, 0.05) is 24.6 Å². The highest BCUT2D eigenvalue weighted by Gasteiger charge is 2.28. The van der Waals surface area contributed by atoms with Crippen LogP contribution in [0.15, 0.2) is 9.59 Å². The summed E-state index contributed by atoms with van der Waals surface area (Å²) < 4.78 is 0. The van der Waals surface area contributed by atoms with Crippen molar-refractivity contribution >= 4 is 17.5 Å². The summed E-state index contributed by atoms with van der Waals surface area (Å²) in [5.74, 6) is -0.138. The zero-order chi connectivity index (χ0) is 15.4. The van der Waals surface area contributed by atoms with Gasteiger partial charge in [-0.25, -0.2) is 4.79 Å². The van der Waals surface area contributed by atoms with Crippen LogP contribution in [0.5, 0.6) is 0 Å². The molecule has 0 aliphatic heterocycles. The first-order valence-corrected chi connectivity index (χ1v) is 6.88. The zero-order valence-corrected chi connectivity index (χ0v) is 11.7. The lowest BCUT2D eigenvalue weighted by Crippen LogP contribution is -2.29. The first-order valence-electron chi connectivity index (χ1n) is 6.88. The third-order valence-corrected chi connectivity index (χ3v) is 3.22. The fraction of sp³-hybridized carbons (Fsp3) is 0.538. The highest BCUT2D eigenvalue weighted by atomic mass is 16.2. The van der Waals surface area contributed by atoms with Crippen LogP contribution in [0.1, 0.15) is 31.4 Å². The van der Waals surface area contributed by atoms with Gasteiger partial charge >= 0.3 is 5.69 Å². The van der Waals surface area contributed by atoms with Crippen LogP contribution in [-0.2, 0) is 9.59 Å². The number of amides is 2. The molecular weight excluding hydrogens is 276 g/mol. The van der Waals surface area contributed by atoms with Gasteiger partial charge in [0.05, 0.1) is 0 Å². The quantitative estimate of drug-likeness (QED) is 0.534. The first-order chi connectivity index (χ1) is 9.97. The summed E-state index contributed by atoms with van der Waals surface area (Å²) in [6, 6.07) is 0. The molecule has 1 aromatic rings. The predicted octanol–water partition coefficient (Wildman–Crippen LogP) is -0.383. The van der Waals surface area contributed by atoms with Crippen molar-refractivity contribution in [2.45, 2.75) is 32.6 Å². The largest absolute Gasteiger partial charge is 0.356 e. The molecule has 0 radical (unpaired) electrons. The third-order valence-electron chi connectivity index (χ3n) is 3.22. The molecule has 4 N–H and O–H groups in total. The molecule has 0 unspecified atom stereocenters. The van der Waals surface area contributed by atoms with E-state index in [4.69, 9.17) is 0 Å². The lowest BCUT2D eigenvalue weighted by molar-refractivity contribution is -0.122. The van der Waals surface area contributed by atoms with E-state index in [1.807, 2.05) is 4.98 Å². The number of rotatable bonds is 6. The number of carbonyl (C=O) groups is 2. The maximum atomic E-state index is 11.7. The van der Waals surface area contributed by atoms with Gasteiger partial charge < -0.3 is 15.6 Å². The van der Waals surface area contributed by atoms with E-state index in [2.05, 4.69) is 15.6 Å². The van der Waals surface area contributed by atoms with Gasteiger partial charge in [0.15, 0.2) is 0 Å². The van der Waals surface area contributed by atoms with Crippen LogP contribution < -0.4 is 21.9 Å². The number of H-pyrrole nitrogens is 2. The van der Waals surface area contributed by atoms with Crippen molar-refractivity contribution in [2.24, 2.45) is 5.92 Å². The summed E-state index contributed by atoms with van der Waals surface area (Å²) in [6.07, 6.45) is 2.56. The molecule has 0 bridgehead atoms. The van der Waals surface area contributed by atoms with Crippen molar-refractivity contribution in [3.63, 3.8) is 0 Å². The Morgan fingerprint density at radius 2 is 1.95 bits per heavy atom. The first kappa shape index (κ1) is 15.0. The van der Waals surface area contributed by atoms with E-state index in [0.29, 0.717) is 18.7 Å². The second-order valence-corrected chi connectivity index (χ2v) is 5.13. The molecule has 2 rings (SSSR count). The highest BCUT2D eigenvalue weighted by Crippen LogP contribution is 2.28. The minimum atomic E-state index is -0.633. The van der Waals surface area contributed by atoms with E-state index in [0.717, 1.165) is 12.8 Å². The lowest BCUT2D eigenvalue weighted by Gasteiger charge is -2.07. The summed E-state index contributed by atoms with van der Waals surface area (Å²) in [7, 11) is 0. The Hall–Kier alpha value is -2.38. The average molecular weight is 294 g/mol. The average Bonchev–Trinajstić information content (AvgIpc) is 3.23. The fourth-order valence-corrected chi connectivity index (χ4v) is 1.90. The van der Waals surface area contributed by atoms with E-state index in [-0.39, 0.29) is 29.8 Å². The van der Waals surface area contributed by atoms with Crippen LogP contribution in [0.3, 0.4) is 0 Å². The molecule has 0 aromatic carbocycles. The van der Waals surface area contributed by atoms with Crippen LogP contribution in [-0.4, -0.2) is 28.3 Å². The number of hydrogen-bond donors (Lipinski definition) is 4. The number of aromatic amines is 2. The van der Waals surface area contributed by atoms with Crippen LogP contribution >= 0.6 is 0 Å². The van der Waals surface area contributed by atoms with E-state index >= 15 is 0 Å². The van der Waals surface area contributed by atoms with Crippen LogP contribution in [0.2, 0.25) is 0 Å². The monoisotopic (exact) mass is 294 g/mol. The molecule has 1 aliphatic carbocycles. The standard InChI is InChI=1S/C13H18N4O4/c1-7-10(12(20)17-13(21)15-7)16-9(18)3-2-6-14-11(19)8-4-5-8/h8H,2-6H2,1H3,(H,14,19)(H,16,18)(H2,15,17,20,21). The van der Waals surface area contributed by atoms with Gasteiger partial charge in [-0.05, 0) is 26.2 Å². The van der Waals surface area contributed by atoms with E-state index in [1.54, 1.807) is 0 Å². The van der Waals surface area contributed by atoms with Crippen molar-refractivity contribution in [1.82, 2.24) is 15.3 Å². The molecule has 8 heteroatoms. The Bertz CT molecular complexity index is 657. The molecule has 0 atom stereocenters. The van der Waals surface area contributed by atoms with Crippen LogP contribution in [0, 0.1) is 12.8 Å². The lowest BCUT2D eigenvalue weighted by atomic mass is 10.2. The Morgan fingerprint density at radius 1 is 1.24 bits per heavy atom. The molecule has 1 fully saturated rings. The van der Waals surface area contributed by atoms with E-state index in [1.165, 1.54) is 6.92 Å². The zero-order valence-electron chi connectivity index (χ0n) is 11.7. The molecule has 8 nitrogen and oxygen atoms in total. The third kappa shape index (κ3) is 4.30. The summed E-state index contributed by atoms with van der Waals surface area (Å²) in [5, 5.41) is 5.22.